The normalized spacial score (nSPS) is 11.1. The van der Waals surface area contributed by atoms with Crippen LogP contribution in [0.4, 0.5) is 4.39 Å². The van der Waals surface area contributed by atoms with E-state index in [0.29, 0.717) is 4.70 Å². The molecule has 4 nitrogen and oxygen atoms in total. The predicted molar refractivity (Wildman–Crippen MR) is 65.2 cm³/mol. The zero-order valence-corrected chi connectivity index (χ0v) is 9.04. The van der Waals surface area contributed by atoms with Crippen molar-refractivity contribution in [1.82, 2.24) is 0 Å². The minimum atomic E-state index is -0.232. The standard InChI is InChI=1S/C10H9FN4S/c11-8-2-1-6(5-14-15-10(12)13)7-3-4-16-9(7)8/h1-5H,(H4,12,13,15). The maximum Gasteiger partial charge on any atom is 0.211 e. The van der Waals surface area contributed by atoms with E-state index in [1.165, 1.54) is 23.6 Å². The molecule has 0 bridgehead atoms. The zero-order chi connectivity index (χ0) is 11.5. The number of hydrogen-bond donors (Lipinski definition) is 2. The Morgan fingerprint density at radius 3 is 2.88 bits per heavy atom. The molecule has 0 spiro atoms. The average Bonchev–Trinajstić information content (AvgIpc) is 2.70. The van der Waals surface area contributed by atoms with E-state index in [0.717, 1.165) is 10.9 Å². The van der Waals surface area contributed by atoms with Gasteiger partial charge in [-0.3, -0.25) is 0 Å². The lowest BCUT2D eigenvalue weighted by Crippen LogP contribution is -2.21. The smallest absolute Gasteiger partial charge is 0.211 e. The van der Waals surface area contributed by atoms with Crippen LogP contribution in [0.3, 0.4) is 0 Å². The van der Waals surface area contributed by atoms with Crippen molar-refractivity contribution in [1.29, 1.82) is 0 Å². The van der Waals surface area contributed by atoms with Crippen LogP contribution in [0.1, 0.15) is 5.56 Å². The molecule has 4 N–H and O–H groups in total. The van der Waals surface area contributed by atoms with E-state index in [4.69, 9.17) is 11.5 Å². The third-order valence-electron chi connectivity index (χ3n) is 1.97. The van der Waals surface area contributed by atoms with Gasteiger partial charge in [-0.05, 0) is 23.6 Å². The topological polar surface area (TPSA) is 76.8 Å². The average molecular weight is 236 g/mol. The minimum Gasteiger partial charge on any atom is -0.369 e. The Morgan fingerprint density at radius 2 is 2.12 bits per heavy atom. The molecule has 2 aromatic rings. The van der Waals surface area contributed by atoms with Gasteiger partial charge < -0.3 is 11.5 Å². The molecule has 0 aliphatic rings. The molecular formula is C10H9FN4S. The molecule has 1 aromatic carbocycles. The minimum absolute atomic E-state index is 0.111. The quantitative estimate of drug-likeness (QED) is 0.472. The summed E-state index contributed by atoms with van der Waals surface area (Å²) in [5.74, 6) is -0.344. The Kier molecular flexibility index (Phi) is 2.82. The van der Waals surface area contributed by atoms with Crippen molar-refractivity contribution in [3.63, 3.8) is 0 Å². The van der Waals surface area contributed by atoms with Gasteiger partial charge in [0.15, 0.2) is 0 Å². The van der Waals surface area contributed by atoms with Crippen LogP contribution in [-0.4, -0.2) is 12.2 Å². The number of fused-ring (bicyclic) bond motifs is 1. The molecule has 2 rings (SSSR count). The van der Waals surface area contributed by atoms with Crippen LogP contribution in [0.25, 0.3) is 10.1 Å². The second kappa shape index (κ2) is 4.28. The van der Waals surface area contributed by atoms with Gasteiger partial charge in [-0.1, -0.05) is 0 Å². The molecule has 0 saturated heterocycles. The number of hydrogen-bond acceptors (Lipinski definition) is 3. The SMILES string of the molecule is NC(N)=NN=Cc1ccc(F)c2sccc12. The summed E-state index contributed by atoms with van der Waals surface area (Å²) in [5, 5.41) is 9.81. The van der Waals surface area contributed by atoms with E-state index < -0.39 is 0 Å². The van der Waals surface area contributed by atoms with Crippen LogP contribution in [0.2, 0.25) is 0 Å². The largest absolute Gasteiger partial charge is 0.369 e. The van der Waals surface area contributed by atoms with Crippen LogP contribution < -0.4 is 11.5 Å². The molecule has 0 aliphatic carbocycles. The number of nitrogens with zero attached hydrogens (tertiary/aromatic N) is 2. The Balaban J connectivity index is 2.46. The molecule has 82 valence electrons. The summed E-state index contributed by atoms with van der Waals surface area (Å²) in [5.41, 5.74) is 11.0. The first-order valence-corrected chi connectivity index (χ1v) is 5.34. The second-order valence-corrected chi connectivity index (χ2v) is 3.99. The molecule has 6 heteroatoms. The summed E-state index contributed by atoms with van der Waals surface area (Å²) in [6.07, 6.45) is 1.49. The molecule has 1 heterocycles. The first-order chi connectivity index (χ1) is 7.68. The summed E-state index contributed by atoms with van der Waals surface area (Å²) >= 11 is 1.35. The van der Waals surface area contributed by atoms with Gasteiger partial charge in [0.25, 0.3) is 0 Å². The van der Waals surface area contributed by atoms with Crippen molar-refractivity contribution >= 4 is 33.6 Å². The zero-order valence-electron chi connectivity index (χ0n) is 8.22. The van der Waals surface area contributed by atoms with E-state index in [1.807, 2.05) is 11.4 Å². The lowest BCUT2D eigenvalue weighted by molar-refractivity contribution is 0.641. The van der Waals surface area contributed by atoms with Crippen LogP contribution in [0.5, 0.6) is 0 Å². The molecule has 16 heavy (non-hydrogen) atoms. The van der Waals surface area contributed by atoms with E-state index >= 15 is 0 Å². The van der Waals surface area contributed by atoms with E-state index in [2.05, 4.69) is 10.2 Å². The third kappa shape index (κ3) is 2.01. The van der Waals surface area contributed by atoms with Gasteiger partial charge in [0.1, 0.15) is 5.82 Å². The number of benzene rings is 1. The molecule has 0 aliphatic heterocycles. The number of rotatable bonds is 2. The lowest BCUT2D eigenvalue weighted by Gasteiger charge is -1.96. The highest BCUT2D eigenvalue weighted by atomic mass is 32.1. The summed E-state index contributed by atoms with van der Waals surface area (Å²) < 4.78 is 14.0. The second-order valence-electron chi connectivity index (χ2n) is 3.07. The molecule has 0 atom stereocenters. The van der Waals surface area contributed by atoms with Crippen molar-refractivity contribution in [2.75, 3.05) is 0 Å². The Bertz CT molecular complexity index is 569. The fourth-order valence-corrected chi connectivity index (χ4v) is 2.15. The van der Waals surface area contributed by atoms with Crippen molar-refractivity contribution in [3.05, 3.63) is 35.0 Å². The van der Waals surface area contributed by atoms with E-state index in [9.17, 15) is 4.39 Å². The van der Waals surface area contributed by atoms with Crippen molar-refractivity contribution in [2.45, 2.75) is 0 Å². The van der Waals surface area contributed by atoms with Crippen LogP contribution in [0, 0.1) is 5.82 Å². The molecule has 0 unspecified atom stereocenters. The molecule has 1 aromatic heterocycles. The van der Waals surface area contributed by atoms with Gasteiger partial charge in [0.05, 0.1) is 10.9 Å². The Hall–Kier alpha value is -1.95. The summed E-state index contributed by atoms with van der Waals surface area (Å²) in [4.78, 5) is 0. The van der Waals surface area contributed by atoms with Gasteiger partial charge in [-0.2, -0.15) is 5.10 Å². The van der Waals surface area contributed by atoms with Crippen LogP contribution >= 0.6 is 11.3 Å². The van der Waals surface area contributed by atoms with E-state index in [1.54, 1.807) is 6.07 Å². The van der Waals surface area contributed by atoms with Gasteiger partial charge in [0, 0.05) is 10.9 Å². The third-order valence-corrected chi connectivity index (χ3v) is 2.90. The summed E-state index contributed by atoms with van der Waals surface area (Å²) in [7, 11) is 0. The highest BCUT2D eigenvalue weighted by molar-refractivity contribution is 7.17. The van der Waals surface area contributed by atoms with Gasteiger partial charge in [-0.25, -0.2) is 4.39 Å². The number of nitrogens with two attached hydrogens (primary N) is 2. The van der Waals surface area contributed by atoms with Gasteiger partial charge >= 0.3 is 0 Å². The van der Waals surface area contributed by atoms with Crippen molar-refractivity contribution < 1.29 is 4.39 Å². The molecule has 0 saturated carbocycles. The van der Waals surface area contributed by atoms with Crippen molar-refractivity contribution in [3.8, 4) is 0 Å². The Labute approximate surface area is 95.1 Å². The van der Waals surface area contributed by atoms with Crippen LogP contribution in [0.15, 0.2) is 33.8 Å². The number of halogens is 1. The molecule has 0 radical (unpaired) electrons. The van der Waals surface area contributed by atoms with Crippen LogP contribution in [-0.2, 0) is 0 Å². The number of thiophene rings is 1. The maximum absolute atomic E-state index is 13.3. The molecule has 0 fully saturated rings. The summed E-state index contributed by atoms with van der Waals surface area (Å²) in [6, 6.07) is 4.87. The summed E-state index contributed by atoms with van der Waals surface area (Å²) in [6.45, 7) is 0. The van der Waals surface area contributed by atoms with Gasteiger partial charge in [0.2, 0.25) is 5.96 Å². The maximum atomic E-state index is 13.3. The van der Waals surface area contributed by atoms with Gasteiger partial charge in [-0.15, -0.1) is 16.4 Å². The molecular weight excluding hydrogens is 227 g/mol. The Morgan fingerprint density at radius 1 is 1.31 bits per heavy atom. The fraction of sp³-hybridized carbons (Fsp3) is 0. The highest BCUT2D eigenvalue weighted by Gasteiger charge is 2.05. The fourth-order valence-electron chi connectivity index (χ4n) is 1.32. The first-order valence-electron chi connectivity index (χ1n) is 4.46. The monoisotopic (exact) mass is 236 g/mol. The predicted octanol–water partition coefficient (Wildman–Crippen LogP) is 1.65. The number of guanidine groups is 1. The first kappa shape index (κ1) is 10.6. The molecule has 0 amide bonds. The lowest BCUT2D eigenvalue weighted by atomic mass is 10.1. The van der Waals surface area contributed by atoms with Crippen molar-refractivity contribution in [2.24, 2.45) is 21.7 Å². The van der Waals surface area contributed by atoms with E-state index in [-0.39, 0.29) is 11.8 Å². The highest BCUT2D eigenvalue weighted by Crippen LogP contribution is 2.26.